The van der Waals surface area contributed by atoms with E-state index in [1.54, 1.807) is 18.2 Å². The predicted molar refractivity (Wildman–Crippen MR) is 63.9 cm³/mol. The normalized spacial score (nSPS) is 12.5. The van der Waals surface area contributed by atoms with Crippen LogP contribution in [0.2, 0.25) is 0 Å². The van der Waals surface area contributed by atoms with Crippen molar-refractivity contribution in [1.82, 2.24) is 9.29 Å². The second-order valence-corrected chi connectivity index (χ2v) is 6.14. The van der Waals surface area contributed by atoms with Crippen LogP contribution in [0.1, 0.15) is 5.69 Å². The zero-order valence-electron chi connectivity index (χ0n) is 9.48. The van der Waals surface area contributed by atoms with Crippen molar-refractivity contribution in [2.24, 2.45) is 0 Å². The number of aryl methyl sites for hydroxylation is 1. The fourth-order valence-electron chi connectivity index (χ4n) is 1.63. The first kappa shape index (κ1) is 11.2. The van der Waals surface area contributed by atoms with Crippen molar-refractivity contribution in [2.45, 2.75) is 11.8 Å². The number of nitrogens with one attached hydrogen (secondary N) is 1. The van der Waals surface area contributed by atoms with E-state index in [1.807, 2.05) is 13.0 Å². The molecule has 86 valence electrons. The summed E-state index contributed by atoms with van der Waals surface area (Å²) < 4.78 is 25.0. The molecule has 0 unspecified atom stereocenters. The third-order valence-electron chi connectivity index (χ3n) is 2.51. The molecule has 5 heteroatoms. The van der Waals surface area contributed by atoms with Gasteiger partial charge in [0.25, 0.3) is 0 Å². The average molecular weight is 238 g/mol. The van der Waals surface area contributed by atoms with Crippen LogP contribution in [0.5, 0.6) is 0 Å². The molecule has 0 spiro atoms. The number of fused-ring (bicyclic) bond motifs is 1. The SMILES string of the molecule is Cc1cc2cc(S(=O)(=O)N(C)C)ccc2[nH]1. The van der Waals surface area contributed by atoms with Crippen molar-refractivity contribution in [3.05, 3.63) is 30.0 Å². The van der Waals surface area contributed by atoms with Crippen LogP contribution in [0.4, 0.5) is 0 Å². The Morgan fingerprint density at radius 1 is 1.19 bits per heavy atom. The van der Waals surface area contributed by atoms with Gasteiger partial charge in [0, 0.05) is 30.7 Å². The maximum Gasteiger partial charge on any atom is 0.242 e. The molecule has 0 saturated carbocycles. The summed E-state index contributed by atoms with van der Waals surface area (Å²) in [6.07, 6.45) is 0. The van der Waals surface area contributed by atoms with Crippen molar-refractivity contribution in [3.63, 3.8) is 0 Å². The van der Waals surface area contributed by atoms with Gasteiger partial charge < -0.3 is 4.98 Å². The molecule has 0 saturated heterocycles. The fourth-order valence-corrected chi connectivity index (χ4v) is 2.56. The molecular formula is C11H14N2O2S. The molecule has 2 rings (SSSR count). The largest absolute Gasteiger partial charge is 0.359 e. The van der Waals surface area contributed by atoms with Crippen LogP contribution in [-0.4, -0.2) is 31.8 Å². The maximum absolute atomic E-state index is 11.9. The average Bonchev–Trinajstić information content (AvgIpc) is 2.56. The molecule has 0 radical (unpaired) electrons. The Bertz CT molecular complexity index is 626. The summed E-state index contributed by atoms with van der Waals surface area (Å²) in [5.74, 6) is 0. The van der Waals surface area contributed by atoms with Crippen LogP contribution < -0.4 is 0 Å². The van der Waals surface area contributed by atoms with E-state index in [0.717, 1.165) is 16.6 Å². The van der Waals surface area contributed by atoms with Gasteiger partial charge in [-0.15, -0.1) is 0 Å². The van der Waals surface area contributed by atoms with Gasteiger partial charge in [-0.25, -0.2) is 12.7 Å². The first-order valence-corrected chi connectivity index (χ1v) is 6.37. The molecule has 0 aliphatic heterocycles. The molecule has 0 aliphatic rings. The van der Waals surface area contributed by atoms with Crippen LogP contribution in [0.25, 0.3) is 10.9 Å². The molecule has 1 aromatic heterocycles. The van der Waals surface area contributed by atoms with Crippen molar-refractivity contribution in [3.8, 4) is 0 Å². The standard InChI is InChI=1S/C11H14N2O2S/c1-8-6-9-7-10(4-5-11(9)12-8)16(14,15)13(2)3/h4-7,12H,1-3H3. The smallest absolute Gasteiger partial charge is 0.242 e. The third-order valence-corrected chi connectivity index (χ3v) is 4.32. The van der Waals surface area contributed by atoms with E-state index in [1.165, 1.54) is 18.4 Å². The van der Waals surface area contributed by atoms with Gasteiger partial charge >= 0.3 is 0 Å². The first-order valence-electron chi connectivity index (χ1n) is 4.93. The van der Waals surface area contributed by atoms with Crippen molar-refractivity contribution >= 4 is 20.9 Å². The zero-order valence-corrected chi connectivity index (χ0v) is 10.3. The fraction of sp³-hybridized carbons (Fsp3) is 0.273. The Hall–Kier alpha value is -1.33. The molecule has 0 aliphatic carbocycles. The first-order chi connectivity index (χ1) is 7.41. The lowest BCUT2D eigenvalue weighted by Gasteiger charge is -2.10. The number of hydrogen-bond donors (Lipinski definition) is 1. The Labute approximate surface area is 94.9 Å². The van der Waals surface area contributed by atoms with Crippen LogP contribution >= 0.6 is 0 Å². The van der Waals surface area contributed by atoms with Crippen molar-refractivity contribution < 1.29 is 8.42 Å². The monoisotopic (exact) mass is 238 g/mol. The number of nitrogens with zero attached hydrogens (tertiary/aromatic N) is 1. The summed E-state index contributed by atoms with van der Waals surface area (Å²) in [7, 11) is -0.280. The maximum atomic E-state index is 11.9. The highest BCUT2D eigenvalue weighted by Gasteiger charge is 2.17. The molecule has 0 amide bonds. The van der Waals surface area contributed by atoms with E-state index in [4.69, 9.17) is 0 Å². The summed E-state index contributed by atoms with van der Waals surface area (Å²) in [4.78, 5) is 3.48. The molecule has 4 nitrogen and oxygen atoms in total. The molecule has 1 N–H and O–H groups in total. The Kier molecular flexibility index (Phi) is 2.52. The van der Waals surface area contributed by atoms with E-state index >= 15 is 0 Å². The summed E-state index contributed by atoms with van der Waals surface area (Å²) in [6.45, 7) is 1.94. The molecule has 16 heavy (non-hydrogen) atoms. The lowest BCUT2D eigenvalue weighted by Crippen LogP contribution is -2.22. The molecule has 1 heterocycles. The Morgan fingerprint density at radius 3 is 2.50 bits per heavy atom. The van der Waals surface area contributed by atoms with E-state index in [-0.39, 0.29) is 0 Å². The number of rotatable bonds is 2. The van der Waals surface area contributed by atoms with Gasteiger partial charge in [0.05, 0.1) is 4.90 Å². The summed E-state index contributed by atoms with van der Waals surface area (Å²) in [5.41, 5.74) is 1.98. The molecule has 1 aromatic carbocycles. The van der Waals surface area contributed by atoms with Crippen LogP contribution in [0.15, 0.2) is 29.2 Å². The van der Waals surface area contributed by atoms with Gasteiger partial charge in [-0.2, -0.15) is 0 Å². The molecule has 2 aromatic rings. The lowest BCUT2D eigenvalue weighted by molar-refractivity contribution is 0.521. The third kappa shape index (κ3) is 1.72. The lowest BCUT2D eigenvalue weighted by atomic mass is 10.2. The molecule has 0 fully saturated rings. The Balaban J connectivity index is 2.63. The summed E-state index contributed by atoms with van der Waals surface area (Å²) in [6, 6.07) is 7.03. The number of aromatic nitrogens is 1. The number of aromatic amines is 1. The van der Waals surface area contributed by atoms with Gasteiger partial charge in [-0.1, -0.05) is 0 Å². The van der Waals surface area contributed by atoms with E-state index in [0.29, 0.717) is 4.90 Å². The Morgan fingerprint density at radius 2 is 1.88 bits per heavy atom. The molecular weight excluding hydrogens is 224 g/mol. The quantitative estimate of drug-likeness (QED) is 0.866. The van der Waals surface area contributed by atoms with Gasteiger partial charge in [0.1, 0.15) is 0 Å². The van der Waals surface area contributed by atoms with Gasteiger partial charge in [0.15, 0.2) is 0 Å². The van der Waals surface area contributed by atoms with Gasteiger partial charge in [-0.05, 0) is 31.2 Å². The van der Waals surface area contributed by atoms with E-state index in [9.17, 15) is 8.42 Å². The van der Waals surface area contributed by atoms with Gasteiger partial charge in [-0.3, -0.25) is 0 Å². The van der Waals surface area contributed by atoms with Crippen LogP contribution in [-0.2, 0) is 10.0 Å². The number of hydrogen-bond acceptors (Lipinski definition) is 2. The number of sulfonamides is 1. The molecule has 0 atom stereocenters. The zero-order chi connectivity index (χ0) is 11.9. The number of H-pyrrole nitrogens is 1. The highest BCUT2D eigenvalue weighted by molar-refractivity contribution is 7.89. The van der Waals surface area contributed by atoms with E-state index < -0.39 is 10.0 Å². The van der Waals surface area contributed by atoms with Crippen molar-refractivity contribution in [2.75, 3.05) is 14.1 Å². The summed E-state index contributed by atoms with van der Waals surface area (Å²) in [5, 5.41) is 0.917. The second-order valence-electron chi connectivity index (χ2n) is 3.99. The minimum Gasteiger partial charge on any atom is -0.359 e. The molecule has 0 bridgehead atoms. The second kappa shape index (κ2) is 3.61. The van der Waals surface area contributed by atoms with E-state index in [2.05, 4.69) is 4.98 Å². The highest BCUT2D eigenvalue weighted by Crippen LogP contribution is 2.21. The van der Waals surface area contributed by atoms with Crippen molar-refractivity contribution in [1.29, 1.82) is 0 Å². The van der Waals surface area contributed by atoms with Crippen LogP contribution in [0.3, 0.4) is 0 Å². The minimum absolute atomic E-state index is 0.323. The number of benzene rings is 1. The van der Waals surface area contributed by atoms with Crippen LogP contribution in [0, 0.1) is 6.92 Å². The highest BCUT2D eigenvalue weighted by atomic mass is 32.2. The topological polar surface area (TPSA) is 53.2 Å². The summed E-state index contributed by atoms with van der Waals surface area (Å²) >= 11 is 0. The van der Waals surface area contributed by atoms with Gasteiger partial charge in [0.2, 0.25) is 10.0 Å². The minimum atomic E-state index is -3.34. The predicted octanol–water partition coefficient (Wildman–Crippen LogP) is 1.73.